The van der Waals surface area contributed by atoms with Crippen LogP contribution in [0.25, 0.3) is 0 Å². The zero-order valence-electron chi connectivity index (χ0n) is 10.6. The van der Waals surface area contributed by atoms with Gasteiger partial charge in [0.2, 0.25) is 0 Å². The molecule has 1 aromatic heterocycles. The van der Waals surface area contributed by atoms with Gasteiger partial charge in [0.05, 0.1) is 13.1 Å². The van der Waals surface area contributed by atoms with Crippen molar-refractivity contribution in [3.05, 3.63) is 46.7 Å². The molecule has 2 heterocycles. The van der Waals surface area contributed by atoms with Crippen LogP contribution in [0.5, 0.6) is 0 Å². The second-order valence-electron chi connectivity index (χ2n) is 4.91. The maximum absolute atomic E-state index is 12.8. The number of aromatic nitrogens is 1. The molecule has 0 radical (unpaired) electrons. The second-order valence-corrected chi connectivity index (χ2v) is 5.74. The van der Waals surface area contributed by atoms with Gasteiger partial charge in [0.1, 0.15) is 11.4 Å². The fourth-order valence-corrected chi connectivity index (χ4v) is 3.04. The number of hydrogen-bond acceptors (Lipinski definition) is 4. The molecule has 112 valence electrons. The van der Waals surface area contributed by atoms with E-state index >= 15 is 0 Å². The summed E-state index contributed by atoms with van der Waals surface area (Å²) in [6, 6.07) is 5.41. The number of halogens is 4. The fraction of sp³-hybridized carbons (Fsp3) is 0.308. The molecule has 0 unspecified atom stereocenters. The number of aliphatic hydroxyl groups is 1. The van der Waals surface area contributed by atoms with Gasteiger partial charge in [-0.05, 0) is 17.7 Å². The Morgan fingerprint density at radius 2 is 1.81 bits per heavy atom. The number of benzene rings is 1. The number of rotatable bonds is 2. The van der Waals surface area contributed by atoms with Gasteiger partial charge in [-0.2, -0.15) is 13.2 Å². The third-order valence-electron chi connectivity index (χ3n) is 3.34. The van der Waals surface area contributed by atoms with Crippen molar-refractivity contribution < 1.29 is 22.7 Å². The van der Waals surface area contributed by atoms with Crippen molar-refractivity contribution in [3.8, 4) is 0 Å². The predicted molar refractivity (Wildman–Crippen MR) is 69.6 cm³/mol. The molecule has 1 fully saturated rings. The summed E-state index contributed by atoms with van der Waals surface area (Å²) in [7, 11) is 0. The van der Waals surface area contributed by atoms with Crippen LogP contribution >= 0.6 is 11.3 Å². The molecule has 1 aliphatic rings. The molecular formula is C13H10F4N2OS. The standard InChI is InChI=1S/C13H10F4N2OS/c14-9-3-1-8(2-4-9)12(20)6-19(7-12)11-18-10(5-21-11)13(15,16)17/h1-5,20H,6-7H2. The van der Waals surface area contributed by atoms with Crippen LogP contribution in [0.1, 0.15) is 11.3 Å². The topological polar surface area (TPSA) is 36.4 Å². The van der Waals surface area contributed by atoms with Crippen molar-refractivity contribution >= 4 is 16.5 Å². The third kappa shape index (κ3) is 2.60. The zero-order valence-corrected chi connectivity index (χ0v) is 11.4. The average Bonchev–Trinajstić information content (AvgIpc) is 2.85. The van der Waals surface area contributed by atoms with E-state index in [-0.39, 0.29) is 18.2 Å². The van der Waals surface area contributed by atoms with Gasteiger partial charge in [0, 0.05) is 5.38 Å². The van der Waals surface area contributed by atoms with Crippen LogP contribution in [0.15, 0.2) is 29.6 Å². The van der Waals surface area contributed by atoms with Crippen molar-refractivity contribution in [3.63, 3.8) is 0 Å². The van der Waals surface area contributed by atoms with E-state index in [2.05, 4.69) is 4.98 Å². The predicted octanol–water partition coefficient (Wildman–Crippen LogP) is 3.01. The van der Waals surface area contributed by atoms with Gasteiger partial charge in [0.25, 0.3) is 0 Å². The first-order valence-corrected chi connectivity index (χ1v) is 6.92. The molecule has 1 saturated heterocycles. The summed E-state index contributed by atoms with van der Waals surface area (Å²) in [5.41, 5.74) is -1.58. The van der Waals surface area contributed by atoms with Crippen LogP contribution in [0.2, 0.25) is 0 Å². The van der Waals surface area contributed by atoms with E-state index < -0.39 is 23.3 Å². The van der Waals surface area contributed by atoms with Crippen LogP contribution in [-0.2, 0) is 11.8 Å². The molecule has 0 amide bonds. The van der Waals surface area contributed by atoms with Crippen molar-refractivity contribution in [1.82, 2.24) is 4.98 Å². The van der Waals surface area contributed by atoms with E-state index in [1.54, 1.807) is 4.90 Å². The summed E-state index contributed by atoms with van der Waals surface area (Å²) in [6.07, 6.45) is -4.47. The summed E-state index contributed by atoms with van der Waals surface area (Å²) in [6.45, 7) is 0.257. The van der Waals surface area contributed by atoms with E-state index in [1.165, 1.54) is 24.3 Å². The Morgan fingerprint density at radius 3 is 2.33 bits per heavy atom. The van der Waals surface area contributed by atoms with Gasteiger partial charge in [-0.1, -0.05) is 12.1 Å². The van der Waals surface area contributed by atoms with Crippen molar-refractivity contribution in [2.45, 2.75) is 11.8 Å². The highest BCUT2D eigenvalue weighted by molar-refractivity contribution is 7.13. The normalized spacial score (nSPS) is 17.7. The molecule has 3 nitrogen and oxygen atoms in total. The number of anilines is 1. The van der Waals surface area contributed by atoms with E-state index in [1.807, 2.05) is 0 Å². The quantitative estimate of drug-likeness (QED) is 0.865. The Labute approximate surface area is 121 Å². The number of β-amino-alcohol motifs (C(OH)–C–C–N with tert-alkyl or cyclic N) is 1. The Hall–Kier alpha value is -1.67. The molecule has 1 aromatic carbocycles. The molecule has 0 atom stereocenters. The largest absolute Gasteiger partial charge is 0.434 e. The SMILES string of the molecule is OC1(c2ccc(F)cc2)CN(c2nc(C(F)(F)F)cs2)C1. The smallest absolute Gasteiger partial charge is 0.381 e. The van der Waals surface area contributed by atoms with Crippen LogP contribution in [0.4, 0.5) is 22.7 Å². The van der Waals surface area contributed by atoms with Crippen LogP contribution in [0, 0.1) is 5.82 Å². The summed E-state index contributed by atoms with van der Waals surface area (Å²) in [4.78, 5) is 5.08. The Balaban J connectivity index is 1.73. The van der Waals surface area contributed by atoms with E-state index in [4.69, 9.17) is 0 Å². The molecule has 0 spiro atoms. The first-order valence-electron chi connectivity index (χ1n) is 6.04. The second kappa shape index (κ2) is 4.67. The molecule has 0 saturated carbocycles. The number of nitrogens with zero attached hydrogens (tertiary/aromatic N) is 2. The highest BCUT2D eigenvalue weighted by Gasteiger charge is 2.44. The first kappa shape index (κ1) is 14.3. The lowest BCUT2D eigenvalue weighted by molar-refractivity contribution is -0.140. The van der Waals surface area contributed by atoms with Gasteiger partial charge >= 0.3 is 6.18 Å². The minimum atomic E-state index is -4.47. The molecule has 2 aromatic rings. The minimum absolute atomic E-state index is 0.128. The number of alkyl halides is 3. The fourth-order valence-electron chi connectivity index (χ4n) is 2.20. The summed E-state index contributed by atoms with van der Waals surface area (Å²) in [5, 5.41) is 11.5. The van der Waals surface area contributed by atoms with Gasteiger partial charge in [-0.15, -0.1) is 11.3 Å². The van der Waals surface area contributed by atoms with Crippen LogP contribution in [-0.4, -0.2) is 23.2 Å². The van der Waals surface area contributed by atoms with Crippen LogP contribution < -0.4 is 4.90 Å². The first-order chi connectivity index (χ1) is 9.78. The van der Waals surface area contributed by atoms with Gasteiger partial charge in [-0.25, -0.2) is 9.37 Å². The Kier molecular flexibility index (Phi) is 3.18. The molecule has 21 heavy (non-hydrogen) atoms. The lowest BCUT2D eigenvalue weighted by atomic mass is 9.86. The monoisotopic (exact) mass is 318 g/mol. The lowest BCUT2D eigenvalue weighted by Gasteiger charge is -2.46. The van der Waals surface area contributed by atoms with Gasteiger partial charge in [0.15, 0.2) is 10.8 Å². The maximum Gasteiger partial charge on any atom is 0.434 e. The van der Waals surface area contributed by atoms with E-state index in [9.17, 15) is 22.7 Å². The van der Waals surface area contributed by atoms with Gasteiger partial charge < -0.3 is 10.0 Å². The molecule has 3 rings (SSSR count). The summed E-state index contributed by atoms with van der Waals surface area (Å²) >= 11 is 0.882. The average molecular weight is 318 g/mol. The van der Waals surface area contributed by atoms with Crippen LogP contribution in [0.3, 0.4) is 0 Å². The van der Waals surface area contributed by atoms with E-state index in [0.29, 0.717) is 5.56 Å². The van der Waals surface area contributed by atoms with Gasteiger partial charge in [-0.3, -0.25) is 0 Å². The Morgan fingerprint density at radius 1 is 1.19 bits per heavy atom. The zero-order chi connectivity index (χ0) is 15.3. The molecule has 1 aliphatic heterocycles. The molecule has 0 bridgehead atoms. The highest BCUT2D eigenvalue weighted by Crippen LogP contribution is 2.39. The van der Waals surface area contributed by atoms with Crippen molar-refractivity contribution in [2.75, 3.05) is 18.0 Å². The Bertz CT molecular complexity index is 647. The van der Waals surface area contributed by atoms with Crippen molar-refractivity contribution in [1.29, 1.82) is 0 Å². The maximum atomic E-state index is 12.8. The summed E-state index contributed by atoms with van der Waals surface area (Å²) < 4.78 is 50.3. The number of thiazole rings is 1. The minimum Gasteiger partial charge on any atom is -0.381 e. The van der Waals surface area contributed by atoms with Crippen molar-refractivity contribution in [2.24, 2.45) is 0 Å². The molecule has 0 aliphatic carbocycles. The third-order valence-corrected chi connectivity index (χ3v) is 4.24. The highest BCUT2D eigenvalue weighted by atomic mass is 32.1. The molecule has 8 heteroatoms. The molecule has 1 N–H and O–H groups in total. The summed E-state index contributed by atoms with van der Waals surface area (Å²) in [5.74, 6) is -0.409. The lowest BCUT2D eigenvalue weighted by Crippen LogP contribution is -2.59. The van der Waals surface area contributed by atoms with E-state index in [0.717, 1.165) is 16.7 Å². The number of hydrogen-bond donors (Lipinski definition) is 1. The molecular weight excluding hydrogens is 308 g/mol.